The van der Waals surface area contributed by atoms with Gasteiger partial charge in [-0.15, -0.1) is 0 Å². The standard InChI is InChI=1S/C28H31ClN4O6S/c1-20(27(35)30-28(2,3)4)31(18-21-13-15-22(29)16-14-21)26(34)19-32(23-9-8-10-24(17-23)33(36)37)40(38,39)25-11-6-5-7-12-25/h5-17,20H,18-19H2,1-4H3,(H,30,35). The van der Waals surface area contributed by atoms with E-state index < -0.39 is 44.9 Å². The van der Waals surface area contributed by atoms with Crippen LogP contribution in [0.25, 0.3) is 0 Å². The summed E-state index contributed by atoms with van der Waals surface area (Å²) in [5, 5.41) is 14.8. The van der Waals surface area contributed by atoms with Crippen LogP contribution in [0.5, 0.6) is 0 Å². The van der Waals surface area contributed by atoms with Crippen molar-refractivity contribution in [2.75, 3.05) is 10.8 Å². The average Bonchev–Trinajstić information content (AvgIpc) is 2.90. The Morgan fingerprint density at radius 1 is 1.00 bits per heavy atom. The Bertz CT molecular complexity index is 1470. The molecule has 3 rings (SSSR count). The topological polar surface area (TPSA) is 130 Å². The number of nitrogens with one attached hydrogen (secondary N) is 1. The SMILES string of the molecule is CC(C(=O)NC(C)(C)C)N(Cc1ccc(Cl)cc1)C(=O)CN(c1cccc([N+](=O)[O-])c1)S(=O)(=O)c1ccccc1. The first-order valence-electron chi connectivity index (χ1n) is 12.4. The van der Waals surface area contributed by atoms with Crippen LogP contribution in [0.2, 0.25) is 5.02 Å². The van der Waals surface area contributed by atoms with E-state index in [0.717, 1.165) is 10.4 Å². The van der Waals surface area contributed by atoms with Gasteiger partial charge in [0.05, 0.1) is 15.5 Å². The number of carbonyl (C=O) groups excluding carboxylic acids is 2. The third kappa shape index (κ3) is 7.80. The van der Waals surface area contributed by atoms with Gasteiger partial charge in [-0.2, -0.15) is 0 Å². The van der Waals surface area contributed by atoms with Gasteiger partial charge in [0.1, 0.15) is 12.6 Å². The summed E-state index contributed by atoms with van der Waals surface area (Å²) in [6, 6.07) is 18.2. The first-order valence-corrected chi connectivity index (χ1v) is 14.2. The number of halogens is 1. The van der Waals surface area contributed by atoms with Gasteiger partial charge in [0.25, 0.3) is 15.7 Å². The van der Waals surface area contributed by atoms with Crippen LogP contribution >= 0.6 is 11.6 Å². The van der Waals surface area contributed by atoms with Crippen molar-refractivity contribution in [3.63, 3.8) is 0 Å². The predicted octanol–water partition coefficient (Wildman–Crippen LogP) is 4.78. The van der Waals surface area contributed by atoms with Crippen molar-refractivity contribution >= 4 is 44.8 Å². The van der Waals surface area contributed by atoms with Gasteiger partial charge in [-0.25, -0.2) is 8.42 Å². The Morgan fingerprint density at radius 3 is 2.20 bits per heavy atom. The summed E-state index contributed by atoms with van der Waals surface area (Å²) in [7, 11) is -4.33. The Hall–Kier alpha value is -3.96. The van der Waals surface area contributed by atoms with Crippen molar-refractivity contribution in [1.29, 1.82) is 0 Å². The van der Waals surface area contributed by atoms with E-state index in [1.165, 1.54) is 47.4 Å². The molecule has 0 bridgehead atoms. The minimum atomic E-state index is -4.33. The molecule has 0 aliphatic rings. The number of benzene rings is 3. The van der Waals surface area contributed by atoms with Gasteiger partial charge in [-0.05, 0) is 63.6 Å². The summed E-state index contributed by atoms with van der Waals surface area (Å²) >= 11 is 6.01. The Balaban J connectivity index is 2.06. The number of carbonyl (C=O) groups is 2. The van der Waals surface area contributed by atoms with Crippen molar-refractivity contribution < 1.29 is 22.9 Å². The van der Waals surface area contributed by atoms with Crippen molar-refractivity contribution in [2.45, 2.75) is 50.7 Å². The van der Waals surface area contributed by atoms with E-state index in [2.05, 4.69) is 5.32 Å². The van der Waals surface area contributed by atoms with E-state index in [1.807, 2.05) is 0 Å². The second-order valence-electron chi connectivity index (χ2n) is 10.2. The average molecular weight is 587 g/mol. The molecule has 40 heavy (non-hydrogen) atoms. The second kappa shape index (κ2) is 12.5. The highest BCUT2D eigenvalue weighted by Gasteiger charge is 2.33. The van der Waals surface area contributed by atoms with Crippen LogP contribution in [-0.2, 0) is 26.2 Å². The van der Waals surface area contributed by atoms with Crippen LogP contribution < -0.4 is 9.62 Å². The Kier molecular flexibility index (Phi) is 9.54. The quantitative estimate of drug-likeness (QED) is 0.269. The Labute approximate surface area is 238 Å². The van der Waals surface area contributed by atoms with Gasteiger partial charge in [-0.3, -0.25) is 24.0 Å². The van der Waals surface area contributed by atoms with E-state index in [4.69, 9.17) is 11.6 Å². The first kappa shape index (κ1) is 30.6. The molecule has 1 atom stereocenters. The van der Waals surface area contributed by atoms with Crippen LogP contribution in [-0.4, -0.2) is 48.2 Å². The van der Waals surface area contributed by atoms with Crippen LogP contribution in [0, 0.1) is 10.1 Å². The summed E-state index contributed by atoms with van der Waals surface area (Å²) in [5.74, 6) is -1.11. The predicted molar refractivity (Wildman–Crippen MR) is 153 cm³/mol. The summed E-state index contributed by atoms with van der Waals surface area (Å²) in [5.41, 5.74) is -0.314. The molecule has 3 aromatic rings. The molecular formula is C28H31ClN4O6S. The van der Waals surface area contributed by atoms with Crippen molar-refractivity contribution in [3.8, 4) is 0 Å². The number of rotatable bonds is 10. The van der Waals surface area contributed by atoms with Gasteiger partial charge in [0.2, 0.25) is 11.8 Å². The fourth-order valence-electron chi connectivity index (χ4n) is 3.85. The maximum atomic E-state index is 13.9. The lowest BCUT2D eigenvalue weighted by molar-refractivity contribution is -0.384. The highest BCUT2D eigenvalue weighted by atomic mass is 35.5. The zero-order valence-corrected chi connectivity index (χ0v) is 24.1. The van der Waals surface area contributed by atoms with E-state index in [0.29, 0.717) is 10.6 Å². The molecule has 0 saturated heterocycles. The molecule has 1 N–H and O–H groups in total. The molecule has 212 valence electrons. The highest BCUT2D eigenvalue weighted by molar-refractivity contribution is 7.92. The number of hydrogen-bond acceptors (Lipinski definition) is 6. The smallest absolute Gasteiger partial charge is 0.271 e. The number of amides is 2. The summed E-state index contributed by atoms with van der Waals surface area (Å²) in [4.78, 5) is 39.0. The largest absolute Gasteiger partial charge is 0.350 e. The number of anilines is 1. The molecule has 0 saturated carbocycles. The monoisotopic (exact) mass is 586 g/mol. The maximum absolute atomic E-state index is 13.9. The van der Waals surface area contributed by atoms with Gasteiger partial charge >= 0.3 is 0 Å². The molecule has 12 heteroatoms. The summed E-state index contributed by atoms with van der Waals surface area (Å²) in [6.07, 6.45) is 0. The molecule has 3 aromatic carbocycles. The van der Waals surface area contributed by atoms with Crippen LogP contribution in [0.4, 0.5) is 11.4 Å². The van der Waals surface area contributed by atoms with Crippen LogP contribution in [0.15, 0.2) is 83.8 Å². The molecule has 0 aliphatic carbocycles. The van der Waals surface area contributed by atoms with E-state index in [9.17, 15) is 28.1 Å². The molecule has 10 nitrogen and oxygen atoms in total. The lowest BCUT2D eigenvalue weighted by Gasteiger charge is -2.33. The van der Waals surface area contributed by atoms with Gasteiger partial charge in [0, 0.05) is 29.2 Å². The molecule has 1 unspecified atom stereocenters. The number of nitro groups is 1. The molecule has 0 aliphatic heterocycles. The van der Waals surface area contributed by atoms with Gasteiger partial charge in [0.15, 0.2) is 0 Å². The number of nitrogens with zero attached hydrogens (tertiary/aromatic N) is 3. The van der Waals surface area contributed by atoms with Crippen molar-refractivity contribution in [3.05, 3.63) is 99.6 Å². The van der Waals surface area contributed by atoms with E-state index in [1.54, 1.807) is 58.0 Å². The lowest BCUT2D eigenvalue weighted by atomic mass is 10.1. The fourth-order valence-corrected chi connectivity index (χ4v) is 5.41. The molecule has 0 fully saturated rings. The zero-order valence-electron chi connectivity index (χ0n) is 22.6. The maximum Gasteiger partial charge on any atom is 0.271 e. The highest BCUT2D eigenvalue weighted by Crippen LogP contribution is 2.27. The zero-order chi connectivity index (χ0) is 29.7. The third-order valence-corrected chi connectivity index (χ3v) is 7.91. The molecule has 0 aromatic heterocycles. The molecular weight excluding hydrogens is 556 g/mol. The molecule has 0 heterocycles. The fraction of sp³-hybridized carbons (Fsp3) is 0.286. The third-order valence-electron chi connectivity index (χ3n) is 5.87. The number of non-ortho nitro benzene ring substituents is 1. The second-order valence-corrected chi connectivity index (χ2v) is 12.5. The molecule has 0 spiro atoms. The van der Waals surface area contributed by atoms with Gasteiger partial charge in [-0.1, -0.05) is 48.0 Å². The number of nitro benzene ring substituents is 1. The number of hydrogen-bond donors (Lipinski definition) is 1. The van der Waals surface area contributed by atoms with E-state index >= 15 is 0 Å². The summed E-state index contributed by atoms with van der Waals surface area (Å²) < 4.78 is 28.3. The summed E-state index contributed by atoms with van der Waals surface area (Å²) in [6.45, 7) is 6.25. The van der Waals surface area contributed by atoms with Gasteiger partial charge < -0.3 is 10.2 Å². The minimum absolute atomic E-state index is 0.0110. The first-order chi connectivity index (χ1) is 18.7. The molecule has 0 radical (unpaired) electrons. The van der Waals surface area contributed by atoms with Crippen LogP contribution in [0.1, 0.15) is 33.3 Å². The normalized spacial score (nSPS) is 12.3. The molecule has 2 amide bonds. The minimum Gasteiger partial charge on any atom is -0.350 e. The van der Waals surface area contributed by atoms with Crippen molar-refractivity contribution in [1.82, 2.24) is 10.2 Å². The lowest BCUT2D eigenvalue weighted by Crippen LogP contribution is -2.54. The number of sulfonamides is 1. The van der Waals surface area contributed by atoms with Crippen molar-refractivity contribution in [2.24, 2.45) is 0 Å². The van der Waals surface area contributed by atoms with E-state index in [-0.39, 0.29) is 22.8 Å². The Morgan fingerprint density at radius 2 is 1.62 bits per heavy atom. The van der Waals surface area contributed by atoms with Crippen LogP contribution in [0.3, 0.4) is 0 Å².